The summed E-state index contributed by atoms with van der Waals surface area (Å²) in [5.74, 6) is 4.07. The van der Waals surface area contributed by atoms with Crippen molar-refractivity contribution in [2.75, 3.05) is 50.9 Å². The van der Waals surface area contributed by atoms with E-state index in [4.69, 9.17) is 9.47 Å². The van der Waals surface area contributed by atoms with Crippen LogP contribution in [-0.4, -0.2) is 80.1 Å². The van der Waals surface area contributed by atoms with Gasteiger partial charge >= 0.3 is 5.97 Å². The first-order valence-corrected chi connectivity index (χ1v) is 26.5. The molecule has 10 heteroatoms. The van der Waals surface area contributed by atoms with Crippen molar-refractivity contribution in [1.82, 2.24) is 14.6 Å². The highest BCUT2D eigenvalue weighted by atomic mass is 32.2. The Morgan fingerprint density at radius 3 is 2.34 bits per heavy atom. The van der Waals surface area contributed by atoms with Gasteiger partial charge in [0.05, 0.1) is 23.0 Å². The maximum absolute atomic E-state index is 13.6. The maximum atomic E-state index is 13.6. The molecule has 1 aromatic rings. The van der Waals surface area contributed by atoms with Crippen LogP contribution in [0.1, 0.15) is 137 Å². The van der Waals surface area contributed by atoms with Crippen LogP contribution in [-0.2, 0) is 19.4 Å². The number of nitrogens with zero attached hydrogens (tertiary/aromatic N) is 2. The summed E-state index contributed by atoms with van der Waals surface area (Å²) < 4.78 is 40.6. The second kappa shape index (κ2) is 16.3. The third kappa shape index (κ3) is 7.59. The lowest BCUT2D eigenvalue weighted by atomic mass is 9.33. The van der Waals surface area contributed by atoms with E-state index in [-0.39, 0.29) is 39.8 Å². The monoisotopic (exact) mass is 876 g/mol. The molecule has 1 aliphatic heterocycles. The Morgan fingerprint density at radius 2 is 1.69 bits per heavy atom. The summed E-state index contributed by atoms with van der Waals surface area (Å²) in [5.41, 5.74) is 5.46. The quantitative estimate of drug-likeness (QED) is 0.164. The number of sulfone groups is 1. The first-order chi connectivity index (χ1) is 28.7. The van der Waals surface area contributed by atoms with Gasteiger partial charge in [-0.25, -0.2) is 8.42 Å². The summed E-state index contributed by atoms with van der Waals surface area (Å²) in [6.07, 6.45) is 18.4. The normalized spacial score (nSPS) is 40.3. The molecule has 7 aliphatic rings. The van der Waals surface area contributed by atoms with Crippen LogP contribution >= 0.6 is 11.5 Å². The fourth-order valence-corrected chi connectivity index (χ4v) is 17.5. The maximum Gasteiger partial charge on any atom is 0.315 e. The predicted octanol–water partition coefficient (Wildman–Crippen LogP) is 10.5. The molecule has 0 amide bonds. The molecular weight excluding hydrogens is 799 g/mol. The number of rotatable bonds is 12. The van der Waals surface area contributed by atoms with Gasteiger partial charge in [0.1, 0.15) is 12.0 Å². The molecule has 1 aromatic heterocycles. The van der Waals surface area contributed by atoms with Crippen molar-refractivity contribution < 1.29 is 22.7 Å². The molecule has 4 saturated carbocycles. The Bertz CT molecular complexity index is 2060. The van der Waals surface area contributed by atoms with Crippen molar-refractivity contribution in [3.8, 4) is 5.88 Å². The van der Waals surface area contributed by atoms with Crippen molar-refractivity contribution in [1.29, 1.82) is 0 Å². The van der Waals surface area contributed by atoms with Crippen molar-refractivity contribution in [2.24, 2.45) is 56.7 Å². The van der Waals surface area contributed by atoms with E-state index in [9.17, 15) is 13.2 Å². The average Bonchev–Trinajstić information content (AvgIpc) is 3.85. The molecule has 0 radical (unpaired) electrons. The second-order valence-electron chi connectivity index (χ2n) is 22.3. The second-order valence-corrected chi connectivity index (χ2v) is 25.4. The molecule has 0 bridgehead atoms. The van der Waals surface area contributed by atoms with Crippen LogP contribution in [0.3, 0.4) is 0 Å². The molecule has 0 aromatic carbocycles. The van der Waals surface area contributed by atoms with Gasteiger partial charge < -0.3 is 19.7 Å². The van der Waals surface area contributed by atoms with Crippen LogP contribution in [0.4, 0.5) is 0 Å². The number of allylic oxidation sites excluding steroid dienone is 6. The van der Waals surface area contributed by atoms with E-state index in [1.54, 1.807) is 0 Å². The van der Waals surface area contributed by atoms with Crippen molar-refractivity contribution in [2.45, 2.75) is 138 Å². The number of fused-ring (bicyclic) bond motifs is 7. The Labute approximate surface area is 372 Å². The lowest BCUT2D eigenvalue weighted by Crippen LogP contribution is -2.68. The van der Waals surface area contributed by atoms with Crippen LogP contribution in [0, 0.1) is 56.7 Å². The number of carbonyl (C=O) groups excluding carboxylic acids is 1. The van der Waals surface area contributed by atoms with Crippen molar-refractivity contribution in [3.05, 3.63) is 53.0 Å². The third-order valence-electron chi connectivity index (χ3n) is 19.1. The van der Waals surface area contributed by atoms with Gasteiger partial charge in [0, 0.05) is 37.8 Å². The highest BCUT2D eigenvalue weighted by Gasteiger charge is 2.70. The van der Waals surface area contributed by atoms with E-state index in [1.165, 1.54) is 79.6 Å². The molecule has 0 spiro atoms. The lowest BCUT2D eigenvalue weighted by Gasteiger charge is -2.72. The van der Waals surface area contributed by atoms with Gasteiger partial charge in [-0.3, -0.25) is 4.79 Å². The SMILES string of the molecule is C=C(C)c1cc(OCC2(C(=O)OCC)CC=C(C3=CC[C@@]4(C)C(CC[C@]5(C)C4CCC4C6[C@H](C(=C)C)CC[C@]6(NCCN6CCS(=O)(=O)CC6)CC[C@]45C)C3(C)C)CC2)ns1. The molecule has 2 heterocycles. The first-order valence-electron chi connectivity index (χ1n) is 23.9. The van der Waals surface area contributed by atoms with E-state index in [1.807, 2.05) is 19.9 Å². The zero-order chi connectivity index (χ0) is 43.8. The summed E-state index contributed by atoms with van der Waals surface area (Å²) in [6, 6.07) is 1.93. The largest absolute Gasteiger partial charge is 0.476 e. The molecule has 5 unspecified atom stereocenters. The van der Waals surface area contributed by atoms with Crippen LogP contribution in [0.2, 0.25) is 0 Å². The average molecular weight is 876 g/mol. The van der Waals surface area contributed by atoms with E-state index >= 15 is 0 Å². The van der Waals surface area contributed by atoms with Crippen LogP contribution in [0.15, 0.2) is 48.1 Å². The predicted molar refractivity (Wildman–Crippen MR) is 249 cm³/mol. The minimum absolute atomic E-state index is 0.0264. The molecule has 8 rings (SSSR count). The molecular formula is C51H77N3O5S2. The van der Waals surface area contributed by atoms with Gasteiger partial charge in [-0.05, 0) is 177 Å². The van der Waals surface area contributed by atoms with Gasteiger partial charge in [0.15, 0.2) is 9.84 Å². The Kier molecular flexibility index (Phi) is 12.1. The molecule has 338 valence electrons. The minimum Gasteiger partial charge on any atom is -0.476 e. The van der Waals surface area contributed by atoms with Gasteiger partial charge in [-0.15, -0.1) is 0 Å². The molecule has 6 aliphatic carbocycles. The summed E-state index contributed by atoms with van der Waals surface area (Å²) in [5, 5.41) is 4.24. The van der Waals surface area contributed by atoms with E-state index in [0.717, 1.165) is 36.4 Å². The van der Waals surface area contributed by atoms with Crippen LogP contribution in [0.5, 0.6) is 5.88 Å². The Balaban J connectivity index is 1.01. The standard InChI is InChI=1S/C51H77N3O5S2/c1-11-58-45(55)50(33-59-43-32-40(35(4)5)60-53-43)21-14-36(15-22-50)38-17-19-47(8)41(46(38,6)7)18-20-49(10)42(47)13-12-39-44-37(34(2)3)16-23-51(44,25-24-48(39,49)9)52-26-27-54-28-30-61(56,57)31-29-54/h14,17,32,37,39,41-42,44,52H,2,4,11-13,15-16,18-31,33H2,1,3,5-10H3/t37-,39?,41?,42?,44?,47-,48+,49+,50?,51-/m0/s1. The van der Waals surface area contributed by atoms with E-state index in [0.29, 0.717) is 79.5 Å². The van der Waals surface area contributed by atoms with Gasteiger partial charge in [-0.1, -0.05) is 65.5 Å². The Hall–Kier alpha value is -2.27. The molecule has 1 N–H and O–H groups in total. The Morgan fingerprint density at radius 1 is 0.934 bits per heavy atom. The van der Waals surface area contributed by atoms with Gasteiger partial charge in [-0.2, -0.15) is 4.37 Å². The number of hydrogen-bond donors (Lipinski definition) is 1. The highest BCUT2D eigenvalue weighted by Crippen LogP contribution is 2.76. The topological polar surface area (TPSA) is 97.8 Å². The number of ether oxygens (including phenoxy) is 2. The number of carbonyl (C=O) groups is 1. The zero-order valence-electron chi connectivity index (χ0n) is 38.9. The van der Waals surface area contributed by atoms with Crippen molar-refractivity contribution in [3.63, 3.8) is 0 Å². The summed E-state index contributed by atoms with van der Waals surface area (Å²) in [7, 11) is -2.87. The summed E-state index contributed by atoms with van der Waals surface area (Å²) in [6.45, 7) is 31.8. The number of esters is 1. The number of aromatic nitrogens is 1. The van der Waals surface area contributed by atoms with E-state index < -0.39 is 15.3 Å². The minimum atomic E-state index is -2.87. The molecule has 10 atom stereocenters. The number of hydrogen-bond acceptors (Lipinski definition) is 9. The van der Waals surface area contributed by atoms with E-state index in [2.05, 4.69) is 81.4 Å². The van der Waals surface area contributed by atoms with Crippen LogP contribution < -0.4 is 10.1 Å². The molecule has 1 saturated heterocycles. The zero-order valence-corrected chi connectivity index (χ0v) is 40.6. The van der Waals surface area contributed by atoms with Gasteiger partial charge in [0.25, 0.3) is 0 Å². The third-order valence-corrected chi connectivity index (χ3v) is 21.6. The lowest BCUT2D eigenvalue weighted by molar-refractivity contribution is -0.221. The fourth-order valence-electron chi connectivity index (χ4n) is 15.6. The fraction of sp³-hybridized carbons (Fsp3) is 0.765. The van der Waals surface area contributed by atoms with Crippen LogP contribution in [0.25, 0.3) is 5.57 Å². The summed E-state index contributed by atoms with van der Waals surface area (Å²) in [4.78, 5) is 17.0. The number of nitrogens with one attached hydrogen (secondary N) is 1. The first kappa shape index (κ1) is 45.3. The smallest absolute Gasteiger partial charge is 0.315 e. The molecule has 5 fully saturated rings. The van der Waals surface area contributed by atoms with Crippen molar-refractivity contribution >= 4 is 32.9 Å². The summed E-state index contributed by atoms with van der Waals surface area (Å²) >= 11 is 1.38. The molecule has 61 heavy (non-hydrogen) atoms. The molecule has 8 nitrogen and oxygen atoms in total. The highest BCUT2D eigenvalue weighted by molar-refractivity contribution is 7.91. The van der Waals surface area contributed by atoms with Gasteiger partial charge in [0.2, 0.25) is 5.88 Å².